The minimum atomic E-state index is 0. The average molecular weight is 186 g/mol. The standard InChI is InChI=1S/C13H14.CH4/c1-2-5-11-8-9-12-6-3-4-7-13(12)10-11;/h3-4,6-10H,2,5H2,1H3;1H4. The van der Waals surface area contributed by atoms with Gasteiger partial charge in [-0.05, 0) is 22.8 Å². The summed E-state index contributed by atoms with van der Waals surface area (Å²) in [5.41, 5.74) is 1.45. The monoisotopic (exact) mass is 186 g/mol. The van der Waals surface area contributed by atoms with Crippen LogP contribution in [0.15, 0.2) is 42.5 Å². The second kappa shape index (κ2) is 4.80. The van der Waals surface area contributed by atoms with Crippen LogP contribution in [0.3, 0.4) is 0 Å². The lowest BCUT2D eigenvalue weighted by atomic mass is 10.0. The van der Waals surface area contributed by atoms with Crippen molar-refractivity contribution in [2.45, 2.75) is 27.2 Å². The Labute approximate surface area is 86.6 Å². The van der Waals surface area contributed by atoms with Gasteiger partial charge in [0.1, 0.15) is 0 Å². The van der Waals surface area contributed by atoms with Gasteiger partial charge in [0.2, 0.25) is 0 Å². The van der Waals surface area contributed by atoms with Gasteiger partial charge in [-0.2, -0.15) is 0 Å². The van der Waals surface area contributed by atoms with E-state index in [0.29, 0.717) is 0 Å². The number of hydrogen-bond acceptors (Lipinski definition) is 0. The van der Waals surface area contributed by atoms with Gasteiger partial charge in [-0.1, -0.05) is 63.2 Å². The van der Waals surface area contributed by atoms with Gasteiger partial charge < -0.3 is 0 Å². The molecule has 0 amide bonds. The lowest BCUT2D eigenvalue weighted by Gasteiger charge is -2.01. The molecular weight excluding hydrogens is 168 g/mol. The van der Waals surface area contributed by atoms with Crippen molar-refractivity contribution < 1.29 is 0 Å². The molecule has 0 spiro atoms. The van der Waals surface area contributed by atoms with Gasteiger partial charge in [0.15, 0.2) is 0 Å². The van der Waals surface area contributed by atoms with Gasteiger partial charge in [-0.25, -0.2) is 0 Å². The topological polar surface area (TPSA) is 0 Å². The second-order valence-electron chi connectivity index (χ2n) is 3.43. The van der Waals surface area contributed by atoms with Gasteiger partial charge in [0.25, 0.3) is 0 Å². The summed E-state index contributed by atoms with van der Waals surface area (Å²) >= 11 is 0. The molecule has 0 atom stereocenters. The van der Waals surface area contributed by atoms with Gasteiger partial charge in [0.05, 0.1) is 0 Å². The maximum Gasteiger partial charge on any atom is -0.0181 e. The van der Waals surface area contributed by atoms with Crippen molar-refractivity contribution in [3.8, 4) is 0 Å². The molecule has 0 unspecified atom stereocenters. The molecule has 2 rings (SSSR count). The van der Waals surface area contributed by atoms with Gasteiger partial charge >= 0.3 is 0 Å². The predicted octanol–water partition coefficient (Wildman–Crippen LogP) is 4.43. The van der Waals surface area contributed by atoms with Crippen LogP contribution in [0.1, 0.15) is 26.3 Å². The summed E-state index contributed by atoms with van der Waals surface area (Å²) in [6.45, 7) is 2.22. The van der Waals surface area contributed by atoms with E-state index in [-0.39, 0.29) is 7.43 Å². The Morgan fingerprint density at radius 2 is 1.64 bits per heavy atom. The molecule has 2 aromatic carbocycles. The zero-order chi connectivity index (χ0) is 9.10. The highest BCUT2D eigenvalue weighted by atomic mass is 14.0. The fraction of sp³-hybridized carbons (Fsp3) is 0.286. The van der Waals surface area contributed by atoms with Crippen molar-refractivity contribution in [2.75, 3.05) is 0 Å². The third kappa shape index (κ3) is 2.14. The third-order valence-electron chi connectivity index (χ3n) is 2.35. The third-order valence-corrected chi connectivity index (χ3v) is 2.35. The van der Waals surface area contributed by atoms with E-state index in [1.807, 2.05) is 0 Å². The Morgan fingerprint density at radius 3 is 2.36 bits per heavy atom. The van der Waals surface area contributed by atoms with Crippen molar-refractivity contribution in [1.82, 2.24) is 0 Å². The van der Waals surface area contributed by atoms with Crippen molar-refractivity contribution in [2.24, 2.45) is 0 Å². The first-order valence-electron chi connectivity index (χ1n) is 4.88. The quantitative estimate of drug-likeness (QED) is 0.651. The van der Waals surface area contributed by atoms with Crippen LogP contribution in [-0.4, -0.2) is 0 Å². The average Bonchev–Trinajstić information content (AvgIpc) is 2.18. The Morgan fingerprint density at radius 1 is 0.929 bits per heavy atom. The van der Waals surface area contributed by atoms with E-state index in [4.69, 9.17) is 0 Å². The SMILES string of the molecule is C.CCCc1ccc2ccccc2c1. The fourth-order valence-corrected chi connectivity index (χ4v) is 1.68. The Kier molecular flexibility index (Phi) is 3.70. The fourth-order valence-electron chi connectivity index (χ4n) is 1.68. The first-order chi connectivity index (χ1) is 6.40. The summed E-state index contributed by atoms with van der Waals surface area (Å²) in [4.78, 5) is 0. The molecule has 0 bridgehead atoms. The van der Waals surface area contributed by atoms with Crippen LogP contribution in [0.2, 0.25) is 0 Å². The number of rotatable bonds is 2. The highest BCUT2D eigenvalue weighted by molar-refractivity contribution is 5.82. The van der Waals surface area contributed by atoms with Gasteiger partial charge in [-0.3, -0.25) is 0 Å². The van der Waals surface area contributed by atoms with E-state index in [9.17, 15) is 0 Å². The van der Waals surface area contributed by atoms with E-state index in [2.05, 4.69) is 49.4 Å². The molecule has 0 aliphatic heterocycles. The minimum absolute atomic E-state index is 0. The molecule has 74 valence electrons. The van der Waals surface area contributed by atoms with Gasteiger partial charge in [-0.15, -0.1) is 0 Å². The van der Waals surface area contributed by atoms with E-state index >= 15 is 0 Å². The normalized spacial score (nSPS) is 9.79. The maximum absolute atomic E-state index is 2.29. The summed E-state index contributed by atoms with van der Waals surface area (Å²) in [6, 6.07) is 15.2. The van der Waals surface area contributed by atoms with Crippen molar-refractivity contribution >= 4 is 10.8 Å². The summed E-state index contributed by atoms with van der Waals surface area (Å²) in [7, 11) is 0. The molecule has 0 heteroatoms. The molecule has 0 fully saturated rings. The molecule has 0 nitrogen and oxygen atoms in total. The molecule has 2 aromatic rings. The van der Waals surface area contributed by atoms with Crippen LogP contribution >= 0.6 is 0 Å². The smallest absolute Gasteiger partial charge is 0.0181 e. The van der Waals surface area contributed by atoms with Crippen LogP contribution in [0, 0.1) is 0 Å². The zero-order valence-corrected chi connectivity index (χ0v) is 7.96. The number of fused-ring (bicyclic) bond motifs is 1. The van der Waals surface area contributed by atoms with E-state index in [1.165, 1.54) is 29.2 Å². The summed E-state index contributed by atoms with van der Waals surface area (Å²) in [5.74, 6) is 0. The molecule has 0 saturated carbocycles. The van der Waals surface area contributed by atoms with Crippen LogP contribution in [0.25, 0.3) is 10.8 Å². The molecule has 0 aliphatic rings. The Hall–Kier alpha value is -1.30. The summed E-state index contributed by atoms with van der Waals surface area (Å²) in [6.07, 6.45) is 2.41. The van der Waals surface area contributed by atoms with E-state index in [0.717, 1.165) is 0 Å². The predicted molar refractivity (Wildman–Crippen MR) is 64.7 cm³/mol. The zero-order valence-electron chi connectivity index (χ0n) is 7.96. The lowest BCUT2D eigenvalue weighted by Crippen LogP contribution is -1.82. The summed E-state index contributed by atoms with van der Waals surface area (Å²) in [5, 5.41) is 2.69. The molecule has 0 aromatic heterocycles. The Balaban J connectivity index is 0.000000980. The molecule has 0 saturated heterocycles. The minimum Gasteiger partial charge on any atom is -0.0776 e. The van der Waals surface area contributed by atoms with Crippen molar-refractivity contribution in [1.29, 1.82) is 0 Å². The van der Waals surface area contributed by atoms with Crippen LogP contribution in [-0.2, 0) is 6.42 Å². The maximum atomic E-state index is 2.29. The number of aryl methyl sites for hydroxylation is 1. The highest BCUT2D eigenvalue weighted by Crippen LogP contribution is 2.16. The first kappa shape index (κ1) is 10.8. The largest absolute Gasteiger partial charge is 0.0776 e. The van der Waals surface area contributed by atoms with E-state index in [1.54, 1.807) is 0 Å². The molecular formula is C14H18. The number of benzene rings is 2. The molecule has 0 heterocycles. The molecule has 14 heavy (non-hydrogen) atoms. The molecule has 0 radical (unpaired) electrons. The van der Waals surface area contributed by atoms with Crippen molar-refractivity contribution in [3.63, 3.8) is 0 Å². The molecule has 0 aliphatic carbocycles. The van der Waals surface area contributed by atoms with Crippen LogP contribution in [0.5, 0.6) is 0 Å². The van der Waals surface area contributed by atoms with Crippen molar-refractivity contribution in [3.05, 3.63) is 48.0 Å². The Bertz CT molecular complexity index is 401. The van der Waals surface area contributed by atoms with Crippen LogP contribution < -0.4 is 0 Å². The summed E-state index contributed by atoms with van der Waals surface area (Å²) < 4.78 is 0. The second-order valence-corrected chi connectivity index (χ2v) is 3.43. The highest BCUT2D eigenvalue weighted by Gasteiger charge is 1.93. The lowest BCUT2D eigenvalue weighted by molar-refractivity contribution is 0.924. The van der Waals surface area contributed by atoms with Crippen LogP contribution in [0.4, 0.5) is 0 Å². The number of hydrogen-bond donors (Lipinski definition) is 0. The van der Waals surface area contributed by atoms with E-state index < -0.39 is 0 Å². The van der Waals surface area contributed by atoms with Gasteiger partial charge in [0, 0.05) is 0 Å². The molecule has 0 N–H and O–H groups in total. The first-order valence-corrected chi connectivity index (χ1v) is 4.88.